The highest BCUT2D eigenvalue weighted by molar-refractivity contribution is 5.93. The van der Waals surface area contributed by atoms with E-state index in [9.17, 15) is 4.79 Å². The molecule has 0 aliphatic heterocycles. The number of hydrogen-bond acceptors (Lipinski definition) is 4. The van der Waals surface area contributed by atoms with Gasteiger partial charge in [-0.3, -0.25) is 5.43 Å². The minimum absolute atomic E-state index is 0.204. The second-order valence-electron chi connectivity index (χ2n) is 4.66. The molecular weight excluding hydrogens is 268 g/mol. The van der Waals surface area contributed by atoms with Crippen molar-refractivity contribution in [1.82, 2.24) is 9.55 Å². The van der Waals surface area contributed by atoms with Gasteiger partial charge in [-0.2, -0.15) is 0 Å². The number of nitrogens with two attached hydrogens (primary N) is 1. The molecule has 0 radical (unpaired) electrons. The van der Waals surface area contributed by atoms with Crippen LogP contribution >= 0.6 is 0 Å². The number of nitrogen functional groups attached to an aromatic ring is 1. The maximum absolute atomic E-state index is 11.0. The lowest BCUT2D eigenvalue weighted by molar-refractivity contribution is 0.0697. The van der Waals surface area contributed by atoms with Gasteiger partial charge >= 0.3 is 5.97 Å². The first-order chi connectivity index (χ1) is 10.2. The van der Waals surface area contributed by atoms with Gasteiger partial charge in [0, 0.05) is 0 Å². The summed E-state index contributed by atoms with van der Waals surface area (Å²) in [6.45, 7) is 0.600. The van der Waals surface area contributed by atoms with Gasteiger partial charge in [-0.25, -0.2) is 15.6 Å². The Morgan fingerprint density at radius 2 is 2.00 bits per heavy atom. The van der Waals surface area contributed by atoms with E-state index in [1.165, 1.54) is 0 Å². The molecule has 106 valence electrons. The topological polar surface area (TPSA) is 93.2 Å². The minimum Gasteiger partial charge on any atom is -0.478 e. The number of aromatic carboxylic acids is 1. The molecule has 3 rings (SSSR count). The molecular formula is C15H14N4O2. The molecule has 0 unspecified atom stereocenters. The summed E-state index contributed by atoms with van der Waals surface area (Å²) in [6.07, 6.45) is 0. The van der Waals surface area contributed by atoms with Crippen LogP contribution in [0.5, 0.6) is 0 Å². The highest BCUT2D eigenvalue weighted by Crippen LogP contribution is 2.22. The van der Waals surface area contributed by atoms with Gasteiger partial charge in [0.1, 0.15) is 0 Å². The third-order valence-corrected chi connectivity index (χ3v) is 3.31. The lowest BCUT2D eigenvalue weighted by Gasteiger charge is -2.08. The molecule has 2 aromatic carbocycles. The van der Waals surface area contributed by atoms with Crippen molar-refractivity contribution in [3.05, 3.63) is 59.7 Å². The predicted octanol–water partition coefficient (Wildman–Crippen LogP) is 2.07. The van der Waals surface area contributed by atoms with Gasteiger partial charge < -0.3 is 9.67 Å². The molecule has 0 atom stereocenters. The molecule has 0 spiro atoms. The van der Waals surface area contributed by atoms with Crippen LogP contribution in [0.15, 0.2) is 48.5 Å². The van der Waals surface area contributed by atoms with Crippen LogP contribution in [0.4, 0.5) is 5.95 Å². The molecule has 6 heteroatoms. The zero-order valence-corrected chi connectivity index (χ0v) is 11.2. The highest BCUT2D eigenvalue weighted by Gasteiger charge is 2.12. The summed E-state index contributed by atoms with van der Waals surface area (Å²) in [6, 6.07) is 14.8. The number of benzene rings is 2. The number of anilines is 1. The van der Waals surface area contributed by atoms with Gasteiger partial charge in [0.25, 0.3) is 0 Å². The van der Waals surface area contributed by atoms with Crippen molar-refractivity contribution >= 4 is 23.0 Å². The summed E-state index contributed by atoms with van der Waals surface area (Å²) in [5.41, 5.74) is 5.30. The van der Waals surface area contributed by atoms with Gasteiger partial charge in [0.05, 0.1) is 23.1 Å². The van der Waals surface area contributed by atoms with E-state index in [0.29, 0.717) is 18.0 Å². The Morgan fingerprint density at radius 1 is 1.24 bits per heavy atom. The highest BCUT2D eigenvalue weighted by atomic mass is 16.4. The first-order valence-electron chi connectivity index (χ1n) is 6.43. The fraction of sp³-hybridized carbons (Fsp3) is 0.0667. The van der Waals surface area contributed by atoms with Crippen LogP contribution in [0.2, 0.25) is 0 Å². The Balaban J connectivity index is 2.10. The maximum atomic E-state index is 11.0. The van der Waals surface area contributed by atoms with Crippen LogP contribution in [-0.2, 0) is 6.54 Å². The number of hydrogen-bond donors (Lipinski definition) is 3. The molecule has 0 amide bonds. The van der Waals surface area contributed by atoms with Crippen LogP contribution in [0.3, 0.4) is 0 Å². The van der Waals surface area contributed by atoms with Gasteiger partial charge in [-0.1, -0.05) is 30.3 Å². The minimum atomic E-state index is -0.975. The molecule has 0 bridgehead atoms. The molecule has 1 heterocycles. The third kappa shape index (κ3) is 2.44. The first-order valence-corrected chi connectivity index (χ1v) is 6.43. The summed E-state index contributed by atoms with van der Waals surface area (Å²) in [5, 5.41) is 9.04. The number of nitrogens with zero attached hydrogens (tertiary/aromatic N) is 2. The molecule has 21 heavy (non-hydrogen) atoms. The predicted molar refractivity (Wildman–Crippen MR) is 80.0 cm³/mol. The number of nitrogens with one attached hydrogen (secondary N) is 1. The zero-order valence-electron chi connectivity index (χ0n) is 11.2. The number of imidazole rings is 1. The lowest BCUT2D eigenvalue weighted by Crippen LogP contribution is -2.13. The molecule has 3 aromatic rings. The average molecular weight is 282 g/mol. The summed E-state index contributed by atoms with van der Waals surface area (Å²) in [5.74, 6) is 5.04. The van der Waals surface area contributed by atoms with Crippen molar-refractivity contribution in [2.75, 3.05) is 5.43 Å². The fourth-order valence-corrected chi connectivity index (χ4v) is 2.30. The Kier molecular flexibility index (Phi) is 3.29. The van der Waals surface area contributed by atoms with E-state index in [4.69, 9.17) is 10.9 Å². The third-order valence-electron chi connectivity index (χ3n) is 3.31. The Morgan fingerprint density at radius 3 is 2.67 bits per heavy atom. The van der Waals surface area contributed by atoms with E-state index in [2.05, 4.69) is 10.4 Å². The Labute approximate surface area is 120 Å². The van der Waals surface area contributed by atoms with Crippen molar-refractivity contribution in [3.8, 4) is 0 Å². The molecule has 1 aromatic heterocycles. The van der Waals surface area contributed by atoms with Crippen molar-refractivity contribution in [2.24, 2.45) is 5.84 Å². The summed E-state index contributed by atoms with van der Waals surface area (Å²) < 4.78 is 1.91. The van der Waals surface area contributed by atoms with Crippen LogP contribution in [-0.4, -0.2) is 20.6 Å². The zero-order chi connectivity index (χ0) is 14.8. The standard InChI is InChI=1S/C15H14N4O2/c16-18-15-17-12-8-11(14(20)21)6-7-13(12)19(15)9-10-4-2-1-3-5-10/h1-8H,9,16H2,(H,17,18)(H,20,21). The number of fused-ring (bicyclic) bond motifs is 1. The Bertz CT molecular complexity index is 796. The smallest absolute Gasteiger partial charge is 0.335 e. The van der Waals surface area contributed by atoms with Gasteiger partial charge in [0.15, 0.2) is 0 Å². The van der Waals surface area contributed by atoms with Gasteiger partial charge in [-0.05, 0) is 23.8 Å². The van der Waals surface area contributed by atoms with Crippen molar-refractivity contribution in [3.63, 3.8) is 0 Å². The summed E-state index contributed by atoms with van der Waals surface area (Å²) >= 11 is 0. The van der Waals surface area contributed by atoms with Crippen molar-refractivity contribution < 1.29 is 9.90 Å². The normalized spacial score (nSPS) is 10.7. The molecule has 0 saturated carbocycles. The number of hydrazine groups is 1. The van der Waals surface area contributed by atoms with Crippen molar-refractivity contribution in [1.29, 1.82) is 0 Å². The van der Waals surface area contributed by atoms with Crippen LogP contribution in [0, 0.1) is 0 Å². The van der Waals surface area contributed by atoms with Crippen LogP contribution < -0.4 is 11.3 Å². The monoisotopic (exact) mass is 282 g/mol. The number of carboxylic acids is 1. The van der Waals surface area contributed by atoms with Gasteiger partial charge in [-0.15, -0.1) is 0 Å². The first kappa shape index (κ1) is 13.1. The Hall–Kier alpha value is -2.86. The van der Waals surface area contributed by atoms with Crippen molar-refractivity contribution in [2.45, 2.75) is 6.54 Å². The second kappa shape index (κ2) is 5.26. The van der Waals surface area contributed by atoms with E-state index in [1.807, 2.05) is 34.9 Å². The molecule has 6 nitrogen and oxygen atoms in total. The van der Waals surface area contributed by atoms with E-state index in [1.54, 1.807) is 18.2 Å². The average Bonchev–Trinajstić information content (AvgIpc) is 2.85. The number of aromatic nitrogens is 2. The SMILES string of the molecule is NNc1nc2cc(C(=O)O)ccc2n1Cc1ccccc1. The van der Waals surface area contributed by atoms with E-state index in [-0.39, 0.29) is 5.56 Å². The molecule has 4 N–H and O–H groups in total. The van der Waals surface area contributed by atoms with E-state index < -0.39 is 5.97 Å². The van der Waals surface area contributed by atoms with E-state index in [0.717, 1.165) is 11.1 Å². The number of carbonyl (C=O) groups is 1. The largest absolute Gasteiger partial charge is 0.478 e. The molecule has 0 aliphatic carbocycles. The molecule has 0 saturated heterocycles. The van der Waals surface area contributed by atoms with Crippen LogP contribution in [0.25, 0.3) is 11.0 Å². The quantitative estimate of drug-likeness (QED) is 0.503. The second-order valence-corrected chi connectivity index (χ2v) is 4.66. The fourth-order valence-electron chi connectivity index (χ4n) is 2.30. The lowest BCUT2D eigenvalue weighted by atomic mass is 10.2. The number of rotatable bonds is 4. The molecule has 0 fully saturated rings. The van der Waals surface area contributed by atoms with E-state index >= 15 is 0 Å². The summed E-state index contributed by atoms with van der Waals surface area (Å²) in [4.78, 5) is 15.4. The maximum Gasteiger partial charge on any atom is 0.335 e. The number of carboxylic acid groups (broad SMARTS) is 1. The molecule has 0 aliphatic rings. The van der Waals surface area contributed by atoms with Crippen LogP contribution in [0.1, 0.15) is 15.9 Å². The summed E-state index contributed by atoms with van der Waals surface area (Å²) in [7, 11) is 0. The van der Waals surface area contributed by atoms with Gasteiger partial charge in [0.2, 0.25) is 5.95 Å².